The van der Waals surface area contributed by atoms with Crippen molar-refractivity contribution in [3.8, 4) is 0 Å². The lowest BCUT2D eigenvalue weighted by Crippen LogP contribution is -2.27. The molecule has 2 atom stereocenters. The van der Waals surface area contributed by atoms with Gasteiger partial charge >= 0.3 is 6.09 Å². The van der Waals surface area contributed by atoms with E-state index >= 15 is 0 Å². The van der Waals surface area contributed by atoms with E-state index in [2.05, 4.69) is 19.2 Å². The Balaban J connectivity index is 2.09. The number of ether oxygens (including phenoxy) is 1. The number of halogens is 1. The lowest BCUT2D eigenvalue weighted by Gasteiger charge is -2.20. The molecule has 21 heavy (non-hydrogen) atoms. The van der Waals surface area contributed by atoms with Crippen LogP contribution in [0.4, 0.5) is 10.5 Å². The van der Waals surface area contributed by atoms with E-state index in [9.17, 15) is 4.79 Å². The van der Waals surface area contributed by atoms with E-state index in [1.165, 1.54) is 0 Å². The number of benzene rings is 1. The van der Waals surface area contributed by atoms with Crippen LogP contribution in [0.15, 0.2) is 18.2 Å². The molecule has 1 aromatic carbocycles. The molecule has 4 nitrogen and oxygen atoms in total. The fourth-order valence-electron chi connectivity index (χ4n) is 2.55. The Morgan fingerprint density at radius 3 is 2.38 bits per heavy atom. The molecule has 5 heteroatoms. The molecule has 0 aromatic heterocycles. The summed E-state index contributed by atoms with van der Waals surface area (Å²) in [5.41, 5.74) is 7.29. The highest BCUT2D eigenvalue weighted by atomic mass is 35.5. The summed E-state index contributed by atoms with van der Waals surface area (Å²) in [5, 5.41) is 3.15. The molecule has 2 rings (SSSR count). The maximum Gasteiger partial charge on any atom is 0.412 e. The molecule has 3 N–H and O–H groups in total. The van der Waals surface area contributed by atoms with E-state index in [1.807, 2.05) is 32.9 Å². The fourth-order valence-corrected chi connectivity index (χ4v) is 2.79. The van der Waals surface area contributed by atoms with Crippen molar-refractivity contribution in [2.24, 2.45) is 11.1 Å². The summed E-state index contributed by atoms with van der Waals surface area (Å²) in [7, 11) is 0. The summed E-state index contributed by atoms with van der Waals surface area (Å²) < 4.78 is 5.21. The van der Waals surface area contributed by atoms with Crippen LogP contribution in [0.2, 0.25) is 5.02 Å². The highest BCUT2D eigenvalue weighted by molar-refractivity contribution is 6.33. The molecular weight excluding hydrogens is 288 g/mol. The number of nitrogens with two attached hydrogens (primary N) is 1. The highest BCUT2D eigenvalue weighted by Crippen LogP contribution is 2.57. The van der Waals surface area contributed by atoms with Crippen LogP contribution in [0.5, 0.6) is 0 Å². The molecule has 0 saturated heterocycles. The van der Waals surface area contributed by atoms with Crippen LogP contribution < -0.4 is 11.1 Å². The van der Waals surface area contributed by atoms with Crippen molar-refractivity contribution in [1.29, 1.82) is 0 Å². The third kappa shape index (κ3) is 3.50. The number of nitrogens with one attached hydrogen (secondary N) is 1. The van der Waals surface area contributed by atoms with Gasteiger partial charge in [0.2, 0.25) is 0 Å². The Bertz CT molecular complexity index is 564. The van der Waals surface area contributed by atoms with E-state index < -0.39 is 11.7 Å². The second kappa shape index (κ2) is 5.18. The van der Waals surface area contributed by atoms with Crippen LogP contribution in [0.1, 0.15) is 46.1 Å². The first-order valence-corrected chi connectivity index (χ1v) is 7.45. The van der Waals surface area contributed by atoms with Crippen molar-refractivity contribution in [1.82, 2.24) is 0 Å². The summed E-state index contributed by atoms with van der Waals surface area (Å²) >= 11 is 6.25. The van der Waals surface area contributed by atoms with Crippen molar-refractivity contribution >= 4 is 23.4 Å². The van der Waals surface area contributed by atoms with Crippen molar-refractivity contribution in [2.45, 2.75) is 52.2 Å². The summed E-state index contributed by atoms with van der Waals surface area (Å²) in [4.78, 5) is 11.8. The molecule has 0 heterocycles. The van der Waals surface area contributed by atoms with E-state index in [0.717, 1.165) is 5.56 Å². The minimum absolute atomic E-state index is 0.101. The zero-order valence-electron chi connectivity index (χ0n) is 13.2. The van der Waals surface area contributed by atoms with Crippen LogP contribution in [-0.2, 0) is 4.74 Å². The largest absolute Gasteiger partial charge is 0.444 e. The van der Waals surface area contributed by atoms with Crippen molar-refractivity contribution in [3.05, 3.63) is 28.8 Å². The molecular formula is C16H23ClN2O2. The Kier molecular flexibility index (Phi) is 3.98. The zero-order chi connectivity index (χ0) is 16.0. The van der Waals surface area contributed by atoms with Crippen LogP contribution in [0.25, 0.3) is 0 Å². The first-order chi connectivity index (χ1) is 9.52. The lowest BCUT2D eigenvalue weighted by molar-refractivity contribution is 0.0636. The van der Waals surface area contributed by atoms with Gasteiger partial charge in [0.15, 0.2) is 0 Å². The fraction of sp³-hybridized carbons (Fsp3) is 0.562. The van der Waals surface area contributed by atoms with Gasteiger partial charge < -0.3 is 10.5 Å². The number of carbonyl (C=O) groups excluding carboxylic acids is 1. The van der Waals surface area contributed by atoms with Gasteiger partial charge in [-0.3, -0.25) is 5.32 Å². The van der Waals surface area contributed by atoms with Crippen molar-refractivity contribution < 1.29 is 9.53 Å². The number of carbonyl (C=O) groups is 1. The Hall–Kier alpha value is -1.26. The van der Waals surface area contributed by atoms with E-state index in [4.69, 9.17) is 22.1 Å². The minimum Gasteiger partial charge on any atom is -0.444 e. The van der Waals surface area contributed by atoms with Crippen LogP contribution in [-0.4, -0.2) is 17.7 Å². The topological polar surface area (TPSA) is 64.3 Å². The van der Waals surface area contributed by atoms with E-state index in [1.54, 1.807) is 6.07 Å². The quantitative estimate of drug-likeness (QED) is 0.863. The second-order valence-corrected chi connectivity index (χ2v) is 7.60. The molecule has 1 aromatic rings. The number of hydrogen-bond acceptors (Lipinski definition) is 3. The van der Waals surface area contributed by atoms with Gasteiger partial charge in [-0.2, -0.15) is 0 Å². The first kappa shape index (κ1) is 16.1. The molecule has 0 radical (unpaired) electrons. The van der Waals surface area contributed by atoms with Gasteiger partial charge in [-0.25, -0.2) is 4.79 Å². The van der Waals surface area contributed by atoms with Gasteiger partial charge in [0.05, 0.1) is 10.7 Å². The summed E-state index contributed by atoms with van der Waals surface area (Å²) in [6.45, 7) is 9.72. The molecule has 2 unspecified atom stereocenters. The summed E-state index contributed by atoms with van der Waals surface area (Å²) in [5.74, 6) is 0.311. The van der Waals surface area contributed by atoms with Crippen molar-refractivity contribution in [2.75, 3.05) is 5.32 Å². The molecule has 116 valence electrons. The monoisotopic (exact) mass is 310 g/mol. The molecule has 0 aliphatic heterocycles. The Morgan fingerprint density at radius 1 is 1.38 bits per heavy atom. The molecule has 0 bridgehead atoms. The maximum atomic E-state index is 11.8. The van der Waals surface area contributed by atoms with Gasteiger partial charge in [0.25, 0.3) is 0 Å². The van der Waals surface area contributed by atoms with Gasteiger partial charge in [0, 0.05) is 12.0 Å². The van der Waals surface area contributed by atoms with Gasteiger partial charge in [-0.05, 0) is 43.9 Å². The minimum atomic E-state index is -0.540. The average Bonchev–Trinajstić information content (AvgIpc) is 2.78. The van der Waals surface area contributed by atoms with Gasteiger partial charge in [-0.1, -0.05) is 31.5 Å². The summed E-state index contributed by atoms with van der Waals surface area (Å²) in [6, 6.07) is 5.77. The van der Waals surface area contributed by atoms with Crippen LogP contribution in [0, 0.1) is 5.41 Å². The van der Waals surface area contributed by atoms with E-state index in [-0.39, 0.29) is 11.5 Å². The first-order valence-electron chi connectivity index (χ1n) is 7.07. The molecule has 1 saturated carbocycles. The van der Waals surface area contributed by atoms with Gasteiger partial charge in [0.1, 0.15) is 5.60 Å². The third-order valence-corrected chi connectivity index (χ3v) is 4.21. The van der Waals surface area contributed by atoms with Crippen LogP contribution >= 0.6 is 11.6 Å². The zero-order valence-corrected chi connectivity index (χ0v) is 13.9. The smallest absolute Gasteiger partial charge is 0.412 e. The SMILES string of the molecule is CC(C)(C)OC(=O)Nc1ccc(C2C(N)C2(C)C)cc1Cl. The van der Waals surface area contributed by atoms with E-state index in [0.29, 0.717) is 16.6 Å². The number of amides is 1. The molecule has 0 spiro atoms. The van der Waals surface area contributed by atoms with Crippen LogP contribution in [0.3, 0.4) is 0 Å². The Morgan fingerprint density at radius 2 is 1.95 bits per heavy atom. The second-order valence-electron chi connectivity index (χ2n) is 7.19. The normalized spacial score (nSPS) is 23.6. The maximum absolute atomic E-state index is 11.8. The standard InChI is InChI=1S/C16H23ClN2O2/c1-15(2,3)21-14(20)19-11-7-6-9(8-10(11)17)12-13(18)16(12,4)5/h6-8,12-13H,18H2,1-5H3,(H,19,20). The molecule has 1 aliphatic carbocycles. The number of rotatable bonds is 2. The lowest BCUT2D eigenvalue weighted by atomic mass is 10.0. The molecule has 1 aliphatic rings. The number of anilines is 1. The molecule has 1 amide bonds. The number of hydrogen-bond donors (Lipinski definition) is 2. The highest BCUT2D eigenvalue weighted by Gasteiger charge is 2.56. The summed E-state index contributed by atoms with van der Waals surface area (Å²) in [6.07, 6.45) is -0.513. The predicted molar refractivity (Wildman–Crippen MR) is 85.8 cm³/mol. The predicted octanol–water partition coefficient (Wildman–Crippen LogP) is 4.14. The Labute approximate surface area is 131 Å². The van der Waals surface area contributed by atoms with Gasteiger partial charge in [-0.15, -0.1) is 0 Å². The average molecular weight is 311 g/mol. The third-order valence-electron chi connectivity index (χ3n) is 3.90. The molecule has 1 fully saturated rings. The van der Waals surface area contributed by atoms with Crippen molar-refractivity contribution in [3.63, 3.8) is 0 Å².